The predicted molar refractivity (Wildman–Crippen MR) is 92.5 cm³/mol. The van der Waals surface area contributed by atoms with Gasteiger partial charge in [0.2, 0.25) is 0 Å². The summed E-state index contributed by atoms with van der Waals surface area (Å²) in [4.78, 5) is 6.59. The van der Waals surface area contributed by atoms with Gasteiger partial charge in [-0.1, -0.05) is 18.2 Å². The Morgan fingerprint density at radius 3 is 2.65 bits per heavy atom. The number of hydrogen-bond acceptors (Lipinski definition) is 3. The van der Waals surface area contributed by atoms with Crippen molar-refractivity contribution in [3.8, 4) is 0 Å². The van der Waals surface area contributed by atoms with Crippen LogP contribution in [0.2, 0.25) is 0 Å². The SMILES string of the molecule is CN(CCCNc1ncc(Br)cc1Br)c1ccccc1. The molecular weight excluding hydrogens is 382 g/mol. The largest absolute Gasteiger partial charge is 0.375 e. The number of nitrogens with one attached hydrogen (secondary N) is 1. The van der Waals surface area contributed by atoms with Gasteiger partial charge in [-0.2, -0.15) is 0 Å². The molecule has 0 fully saturated rings. The highest BCUT2D eigenvalue weighted by atomic mass is 79.9. The fourth-order valence-electron chi connectivity index (χ4n) is 1.88. The van der Waals surface area contributed by atoms with Crippen molar-refractivity contribution in [2.75, 3.05) is 30.4 Å². The summed E-state index contributed by atoms with van der Waals surface area (Å²) in [6.07, 6.45) is 2.85. The first kappa shape index (κ1) is 15.3. The molecule has 0 saturated carbocycles. The van der Waals surface area contributed by atoms with Crippen molar-refractivity contribution < 1.29 is 0 Å². The number of anilines is 2. The number of nitrogens with zero attached hydrogens (tertiary/aromatic N) is 2. The zero-order valence-electron chi connectivity index (χ0n) is 11.3. The molecule has 106 valence electrons. The Labute approximate surface area is 136 Å². The number of aromatic nitrogens is 1. The molecule has 0 radical (unpaired) electrons. The molecule has 0 bridgehead atoms. The van der Waals surface area contributed by atoms with Crippen molar-refractivity contribution in [3.63, 3.8) is 0 Å². The van der Waals surface area contributed by atoms with Gasteiger partial charge in [0.1, 0.15) is 5.82 Å². The van der Waals surface area contributed by atoms with Crippen LogP contribution in [-0.4, -0.2) is 25.1 Å². The molecule has 0 spiro atoms. The topological polar surface area (TPSA) is 28.2 Å². The van der Waals surface area contributed by atoms with Crippen molar-refractivity contribution in [1.82, 2.24) is 4.98 Å². The van der Waals surface area contributed by atoms with Crippen LogP contribution in [-0.2, 0) is 0 Å². The van der Waals surface area contributed by atoms with E-state index >= 15 is 0 Å². The third-order valence-electron chi connectivity index (χ3n) is 2.97. The summed E-state index contributed by atoms with van der Waals surface area (Å²) in [5.74, 6) is 0.885. The number of rotatable bonds is 6. The number of benzene rings is 1. The zero-order chi connectivity index (χ0) is 14.4. The van der Waals surface area contributed by atoms with Crippen LogP contribution in [0.25, 0.3) is 0 Å². The first-order valence-corrected chi connectivity index (χ1v) is 8.06. The average molecular weight is 399 g/mol. The van der Waals surface area contributed by atoms with E-state index in [2.05, 4.69) is 78.4 Å². The van der Waals surface area contributed by atoms with E-state index in [1.54, 1.807) is 6.20 Å². The highest BCUT2D eigenvalue weighted by molar-refractivity contribution is 9.11. The van der Waals surface area contributed by atoms with Gasteiger partial charge in [-0.3, -0.25) is 0 Å². The first-order chi connectivity index (χ1) is 9.66. The summed E-state index contributed by atoms with van der Waals surface area (Å²) >= 11 is 6.90. The van der Waals surface area contributed by atoms with E-state index in [1.165, 1.54) is 5.69 Å². The van der Waals surface area contributed by atoms with Crippen LogP contribution in [0, 0.1) is 0 Å². The molecule has 20 heavy (non-hydrogen) atoms. The Kier molecular flexibility index (Phi) is 5.86. The van der Waals surface area contributed by atoms with Gasteiger partial charge in [0.25, 0.3) is 0 Å². The maximum Gasteiger partial charge on any atom is 0.140 e. The molecule has 3 nitrogen and oxygen atoms in total. The standard InChI is InChI=1S/C15H17Br2N3/c1-20(13-6-3-2-4-7-13)9-5-8-18-15-14(17)10-12(16)11-19-15/h2-4,6-7,10-11H,5,8-9H2,1H3,(H,18,19). The molecular formula is C15H17Br2N3. The second-order valence-corrected chi connectivity index (χ2v) is 6.29. The second-order valence-electron chi connectivity index (χ2n) is 4.52. The summed E-state index contributed by atoms with van der Waals surface area (Å²) in [5, 5.41) is 3.34. The molecule has 2 rings (SSSR count). The Hall–Kier alpha value is -1.07. The van der Waals surface area contributed by atoms with E-state index in [0.29, 0.717) is 0 Å². The van der Waals surface area contributed by atoms with E-state index in [1.807, 2.05) is 12.1 Å². The molecule has 0 aliphatic carbocycles. The number of para-hydroxylation sites is 1. The molecule has 5 heteroatoms. The minimum Gasteiger partial charge on any atom is -0.375 e. The molecule has 0 saturated heterocycles. The van der Waals surface area contributed by atoms with Crippen molar-refractivity contribution in [2.45, 2.75) is 6.42 Å². The molecule has 1 aromatic carbocycles. The molecule has 1 N–H and O–H groups in total. The summed E-state index contributed by atoms with van der Waals surface area (Å²) in [6.45, 7) is 1.90. The van der Waals surface area contributed by atoms with E-state index in [4.69, 9.17) is 0 Å². The van der Waals surface area contributed by atoms with Gasteiger partial charge in [-0.25, -0.2) is 4.98 Å². The van der Waals surface area contributed by atoms with Crippen molar-refractivity contribution in [2.24, 2.45) is 0 Å². The van der Waals surface area contributed by atoms with Gasteiger partial charge in [-0.15, -0.1) is 0 Å². The third-order valence-corrected chi connectivity index (χ3v) is 4.01. The van der Waals surface area contributed by atoms with Crippen LogP contribution in [0.4, 0.5) is 11.5 Å². The summed E-state index contributed by atoms with van der Waals surface area (Å²) in [7, 11) is 2.11. The maximum absolute atomic E-state index is 4.33. The Balaban J connectivity index is 1.76. The monoisotopic (exact) mass is 397 g/mol. The fourth-order valence-corrected chi connectivity index (χ4v) is 3.01. The Morgan fingerprint density at radius 1 is 1.20 bits per heavy atom. The Bertz CT molecular complexity index is 546. The Morgan fingerprint density at radius 2 is 1.95 bits per heavy atom. The minimum atomic E-state index is 0.885. The molecule has 0 aliphatic rings. The highest BCUT2D eigenvalue weighted by Gasteiger charge is 2.02. The van der Waals surface area contributed by atoms with E-state index in [9.17, 15) is 0 Å². The third kappa shape index (κ3) is 4.49. The summed E-state index contributed by atoms with van der Waals surface area (Å²) in [5.41, 5.74) is 1.25. The molecule has 2 aromatic rings. The van der Waals surface area contributed by atoms with Crippen molar-refractivity contribution in [3.05, 3.63) is 51.5 Å². The first-order valence-electron chi connectivity index (χ1n) is 6.48. The van der Waals surface area contributed by atoms with Crippen molar-refractivity contribution in [1.29, 1.82) is 0 Å². The van der Waals surface area contributed by atoms with Gasteiger partial charge < -0.3 is 10.2 Å². The van der Waals surface area contributed by atoms with Gasteiger partial charge in [0.15, 0.2) is 0 Å². The van der Waals surface area contributed by atoms with Crippen LogP contribution in [0.15, 0.2) is 51.5 Å². The van der Waals surface area contributed by atoms with Crippen LogP contribution in [0.5, 0.6) is 0 Å². The molecule has 1 heterocycles. The van der Waals surface area contributed by atoms with Crippen LogP contribution < -0.4 is 10.2 Å². The average Bonchev–Trinajstić information content (AvgIpc) is 2.46. The fraction of sp³-hybridized carbons (Fsp3) is 0.267. The molecule has 1 aromatic heterocycles. The normalized spacial score (nSPS) is 10.3. The van der Waals surface area contributed by atoms with E-state index in [0.717, 1.165) is 34.3 Å². The number of halogens is 2. The van der Waals surface area contributed by atoms with Gasteiger partial charge in [0, 0.05) is 36.5 Å². The zero-order valence-corrected chi connectivity index (χ0v) is 14.5. The van der Waals surface area contributed by atoms with Crippen LogP contribution in [0.1, 0.15) is 6.42 Å². The summed E-state index contributed by atoms with van der Waals surface area (Å²) in [6, 6.07) is 12.4. The second kappa shape index (κ2) is 7.64. The summed E-state index contributed by atoms with van der Waals surface area (Å²) < 4.78 is 1.95. The van der Waals surface area contributed by atoms with E-state index in [-0.39, 0.29) is 0 Å². The minimum absolute atomic E-state index is 0.885. The molecule has 0 atom stereocenters. The molecule has 0 aliphatic heterocycles. The maximum atomic E-state index is 4.33. The molecule has 0 unspecified atom stereocenters. The molecule has 0 amide bonds. The van der Waals surface area contributed by atoms with Crippen LogP contribution >= 0.6 is 31.9 Å². The van der Waals surface area contributed by atoms with Gasteiger partial charge >= 0.3 is 0 Å². The number of pyridine rings is 1. The van der Waals surface area contributed by atoms with E-state index < -0.39 is 0 Å². The van der Waals surface area contributed by atoms with Gasteiger partial charge in [-0.05, 0) is 56.5 Å². The lowest BCUT2D eigenvalue weighted by Crippen LogP contribution is -2.20. The lowest BCUT2D eigenvalue weighted by molar-refractivity contribution is 0.814. The smallest absolute Gasteiger partial charge is 0.140 e. The van der Waals surface area contributed by atoms with Crippen LogP contribution in [0.3, 0.4) is 0 Å². The number of hydrogen-bond donors (Lipinski definition) is 1. The predicted octanol–water partition coefficient (Wildman–Crippen LogP) is 4.55. The highest BCUT2D eigenvalue weighted by Crippen LogP contribution is 2.23. The quantitative estimate of drug-likeness (QED) is 0.723. The lowest BCUT2D eigenvalue weighted by Gasteiger charge is -2.19. The lowest BCUT2D eigenvalue weighted by atomic mass is 10.3. The van der Waals surface area contributed by atoms with Gasteiger partial charge in [0.05, 0.1) is 4.47 Å². The van der Waals surface area contributed by atoms with Crippen molar-refractivity contribution >= 4 is 43.4 Å².